The lowest BCUT2D eigenvalue weighted by molar-refractivity contribution is -0.142. The molecule has 0 radical (unpaired) electrons. The molecule has 8 rings (SSSR count). The van der Waals surface area contributed by atoms with Gasteiger partial charge in [0.2, 0.25) is 0 Å². The van der Waals surface area contributed by atoms with Crippen molar-refractivity contribution in [3.63, 3.8) is 0 Å². The average molecular weight is 924 g/mol. The van der Waals surface area contributed by atoms with Gasteiger partial charge in [-0.15, -0.1) is 0 Å². The van der Waals surface area contributed by atoms with Gasteiger partial charge >= 0.3 is 11.9 Å². The third-order valence-electron chi connectivity index (χ3n) is 11.2. The van der Waals surface area contributed by atoms with Crippen LogP contribution in [0.2, 0.25) is 15.1 Å². The summed E-state index contributed by atoms with van der Waals surface area (Å²) in [6.45, 7) is 0.587. The monoisotopic (exact) mass is 922 g/mol. The largest absolute Gasteiger partial charge is 0.489 e. The molecule has 2 aliphatic rings. The fraction of sp³-hybridized carbons (Fsp3) is 0.200. The highest BCUT2D eigenvalue weighted by atomic mass is 35.5. The first-order valence-electron chi connectivity index (χ1n) is 20.4. The van der Waals surface area contributed by atoms with Gasteiger partial charge in [0.15, 0.2) is 0 Å². The summed E-state index contributed by atoms with van der Waals surface area (Å²) in [7, 11) is 0. The number of carboxylic acids is 2. The quantitative estimate of drug-likeness (QED) is 0.124. The molecule has 0 unspecified atom stereocenters. The van der Waals surface area contributed by atoms with Crippen molar-refractivity contribution in [3.8, 4) is 11.5 Å². The van der Waals surface area contributed by atoms with Crippen molar-refractivity contribution in [2.45, 2.75) is 63.1 Å². The first-order valence-corrected chi connectivity index (χ1v) is 21.6. The van der Waals surface area contributed by atoms with E-state index in [1.165, 1.54) is 21.9 Å². The van der Waals surface area contributed by atoms with Crippen LogP contribution in [0.15, 0.2) is 146 Å². The van der Waals surface area contributed by atoms with Gasteiger partial charge < -0.3 is 29.5 Å². The molecule has 4 atom stereocenters. The molecule has 328 valence electrons. The predicted molar refractivity (Wildman–Crippen MR) is 241 cm³/mol. The van der Waals surface area contributed by atoms with E-state index in [9.17, 15) is 33.8 Å². The predicted octanol–water partition coefficient (Wildman–Crippen LogP) is 11.5. The van der Waals surface area contributed by atoms with Crippen LogP contribution in [0.3, 0.4) is 0 Å². The van der Waals surface area contributed by atoms with Crippen molar-refractivity contribution in [2.75, 3.05) is 0 Å². The lowest BCUT2D eigenvalue weighted by Crippen LogP contribution is -2.41. The number of carboxylic acid groups (broad SMARTS) is 2. The normalized spacial score (nSPS) is 17.9. The number of benzene rings is 6. The number of hydrogen-bond donors (Lipinski definition) is 2. The molecule has 2 saturated heterocycles. The Morgan fingerprint density at radius 1 is 0.516 bits per heavy atom. The van der Waals surface area contributed by atoms with E-state index in [1.54, 1.807) is 103 Å². The Balaban J connectivity index is 0.000000191. The third kappa shape index (κ3) is 10.8. The van der Waals surface area contributed by atoms with Gasteiger partial charge in [-0.3, -0.25) is 9.59 Å². The van der Waals surface area contributed by atoms with Gasteiger partial charge in [0.25, 0.3) is 11.8 Å². The minimum atomic E-state index is -1.03. The maximum atomic E-state index is 13.4. The summed E-state index contributed by atoms with van der Waals surface area (Å²) in [6.07, 6.45) is 1.81. The van der Waals surface area contributed by atoms with Crippen molar-refractivity contribution in [3.05, 3.63) is 200 Å². The zero-order valence-corrected chi connectivity index (χ0v) is 36.4. The summed E-state index contributed by atoms with van der Waals surface area (Å²) in [5.74, 6) is -1.83. The fourth-order valence-corrected chi connectivity index (χ4v) is 8.60. The lowest BCUT2D eigenvalue weighted by Gasteiger charge is -2.29. The molecule has 2 N–H and O–H groups in total. The van der Waals surface area contributed by atoms with Gasteiger partial charge in [0, 0.05) is 26.2 Å². The fourth-order valence-electron chi connectivity index (χ4n) is 7.95. The van der Waals surface area contributed by atoms with Crippen LogP contribution < -0.4 is 9.47 Å². The van der Waals surface area contributed by atoms with Crippen LogP contribution in [0.1, 0.15) is 80.7 Å². The number of likely N-dealkylation sites (tertiary alicyclic amines) is 2. The molecule has 6 aromatic carbocycles. The van der Waals surface area contributed by atoms with Crippen molar-refractivity contribution in [1.29, 1.82) is 0 Å². The van der Waals surface area contributed by atoms with Crippen LogP contribution in [0.5, 0.6) is 11.5 Å². The van der Waals surface area contributed by atoms with Crippen molar-refractivity contribution < 1.29 is 43.3 Å². The van der Waals surface area contributed by atoms with Crippen molar-refractivity contribution in [1.82, 2.24) is 9.80 Å². The Kier molecular flexibility index (Phi) is 14.9. The number of amides is 2. The van der Waals surface area contributed by atoms with Gasteiger partial charge in [0.05, 0.1) is 12.1 Å². The Bertz CT molecular complexity index is 2410. The van der Waals surface area contributed by atoms with E-state index in [4.69, 9.17) is 44.3 Å². The number of nitrogens with zero attached hydrogens (tertiary/aromatic N) is 2. The van der Waals surface area contributed by atoms with Crippen LogP contribution in [-0.2, 0) is 22.8 Å². The summed E-state index contributed by atoms with van der Waals surface area (Å²) in [6, 6.07) is 38.5. The van der Waals surface area contributed by atoms with Crippen LogP contribution in [0.25, 0.3) is 0 Å². The number of ether oxygens (including phenoxy) is 2. The second-order valence-electron chi connectivity index (χ2n) is 15.2. The van der Waals surface area contributed by atoms with Gasteiger partial charge in [-0.25, -0.2) is 14.0 Å². The molecular weight excluding hydrogens is 882 g/mol. The molecule has 0 aliphatic carbocycles. The van der Waals surface area contributed by atoms with E-state index < -0.39 is 30.1 Å². The second kappa shape index (κ2) is 20.9. The summed E-state index contributed by atoms with van der Waals surface area (Å²) in [5.41, 5.74) is 4.03. The number of aliphatic carboxylic acids is 2. The Morgan fingerprint density at radius 3 is 1.27 bits per heavy atom. The molecule has 0 aromatic heterocycles. The highest BCUT2D eigenvalue weighted by Gasteiger charge is 2.44. The SMILES string of the molecule is O=C(O)[C@@H]1CC[C@H](c2ccccc2Cl)N1C(=O)c1ccc(COc2ccc(Cl)cc2)cc1.O=C(O)[C@@H]1CC[C@H](c2ccccc2Cl)N1C(=O)c1ccc(COc2ccc(F)cc2)cc1. The van der Waals surface area contributed by atoms with Gasteiger partial charge in [0.1, 0.15) is 42.6 Å². The van der Waals surface area contributed by atoms with Crippen molar-refractivity contribution >= 4 is 58.6 Å². The average Bonchev–Trinajstić information content (AvgIpc) is 3.96. The molecule has 10 nitrogen and oxygen atoms in total. The highest BCUT2D eigenvalue weighted by Crippen LogP contribution is 2.41. The molecular formula is C50H42Cl3FN2O8. The van der Waals surface area contributed by atoms with Gasteiger partial charge in [-0.1, -0.05) is 95.5 Å². The topological polar surface area (TPSA) is 134 Å². The number of rotatable bonds is 12. The van der Waals surface area contributed by atoms with Crippen LogP contribution >= 0.6 is 34.8 Å². The number of halogens is 4. The standard InChI is InChI=1S/C25H21Cl2NO4.C25H21ClFNO4/c26-18-9-11-19(12-10-18)32-15-16-5-7-17(8-6-16)24(29)28-22(13-14-23(28)25(30)31)20-3-1-2-4-21(20)27;26-21-4-2-1-3-20(21)22-13-14-23(25(30)31)28(22)24(29)17-7-5-16(6-8-17)15-32-19-11-9-18(27)10-12-19/h2*1-12,22-23H,13-15H2,(H,30,31)/t2*22-,23+/m11/s1. The molecule has 6 aromatic rings. The molecule has 2 aliphatic heterocycles. The third-order valence-corrected chi connectivity index (χ3v) is 12.1. The summed E-state index contributed by atoms with van der Waals surface area (Å²) < 4.78 is 24.4. The van der Waals surface area contributed by atoms with Crippen LogP contribution in [0, 0.1) is 5.82 Å². The van der Waals surface area contributed by atoms with E-state index in [1.807, 2.05) is 30.3 Å². The maximum Gasteiger partial charge on any atom is 0.326 e. The lowest BCUT2D eigenvalue weighted by atomic mass is 10.0. The molecule has 14 heteroatoms. The zero-order valence-electron chi connectivity index (χ0n) is 34.2. The first-order chi connectivity index (χ1) is 30.9. The summed E-state index contributed by atoms with van der Waals surface area (Å²) in [5, 5.41) is 21.1. The Hall–Kier alpha value is -6.40. The summed E-state index contributed by atoms with van der Waals surface area (Å²) in [4.78, 5) is 53.2. The minimum absolute atomic E-state index is 0.254. The second-order valence-corrected chi connectivity index (χ2v) is 16.5. The number of carbonyl (C=O) groups is 4. The zero-order chi connectivity index (χ0) is 45.3. The molecule has 0 bridgehead atoms. The highest BCUT2D eigenvalue weighted by molar-refractivity contribution is 6.32. The van der Waals surface area contributed by atoms with E-state index in [2.05, 4.69) is 0 Å². The van der Waals surface area contributed by atoms with Crippen molar-refractivity contribution in [2.24, 2.45) is 0 Å². The smallest absolute Gasteiger partial charge is 0.326 e. The Labute approximate surface area is 384 Å². The van der Waals surface area contributed by atoms with E-state index >= 15 is 0 Å². The molecule has 0 saturated carbocycles. The van der Waals surface area contributed by atoms with E-state index in [0.717, 1.165) is 22.3 Å². The van der Waals surface area contributed by atoms with E-state index in [0.29, 0.717) is 70.0 Å². The van der Waals surface area contributed by atoms with Crippen LogP contribution in [0.4, 0.5) is 4.39 Å². The minimum Gasteiger partial charge on any atom is -0.489 e. The summed E-state index contributed by atoms with van der Waals surface area (Å²) >= 11 is 18.6. The number of hydrogen-bond acceptors (Lipinski definition) is 6. The van der Waals surface area contributed by atoms with Gasteiger partial charge in [-0.2, -0.15) is 0 Å². The Morgan fingerprint density at radius 2 is 0.891 bits per heavy atom. The van der Waals surface area contributed by atoms with Crippen LogP contribution in [-0.4, -0.2) is 55.8 Å². The molecule has 64 heavy (non-hydrogen) atoms. The number of carbonyl (C=O) groups excluding carboxylic acids is 2. The maximum absolute atomic E-state index is 13.4. The molecule has 2 heterocycles. The molecule has 2 amide bonds. The van der Waals surface area contributed by atoms with E-state index in [-0.39, 0.29) is 30.3 Å². The first kappa shape index (κ1) is 45.6. The van der Waals surface area contributed by atoms with Gasteiger partial charge in [-0.05, 0) is 133 Å². The molecule has 2 fully saturated rings. The molecule has 0 spiro atoms.